The lowest BCUT2D eigenvalue weighted by Crippen LogP contribution is -2.50. The molecule has 0 aromatic heterocycles. The van der Waals surface area contributed by atoms with E-state index in [4.69, 9.17) is 5.73 Å². The Morgan fingerprint density at radius 2 is 1.71 bits per heavy atom. The van der Waals surface area contributed by atoms with Crippen LogP contribution >= 0.6 is 0 Å². The van der Waals surface area contributed by atoms with Crippen molar-refractivity contribution in [3.05, 3.63) is 0 Å². The van der Waals surface area contributed by atoms with Gasteiger partial charge in [-0.05, 0) is 12.8 Å². The third-order valence-corrected chi connectivity index (χ3v) is 5.40. The van der Waals surface area contributed by atoms with E-state index in [0.717, 1.165) is 25.7 Å². The third kappa shape index (κ3) is 2.98. The van der Waals surface area contributed by atoms with Crippen LogP contribution in [-0.2, 0) is 14.6 Å². The second-order valence-corrected chi connectivity index (χ2v) is 7.34. The molecule has 2 rings (SSSR count). The second-order valence-electron chi connectivity index (χ2n) is 5.03. The van der Waals surface area contributed by atoms with Crippen LogP contribution in [0.5, 0.6) is 0 Å². The maximum Gasteiger partial charge on any atom is 0.227 e. The van der Waals surface area contributed by atoms with Gasteiger partial charge in [-0.3, -0.25) is 4.79 Å². The summed E-state index contributed by atoms with van der Waals surface area (Å²) in [6, 6.07) is -0.0465. The van der Waals surface area contributed by atoms with Gasteiger partial charge in [-0.15, -0.1) is 0 Å². The minimum Gasteiger partial charge on any atom is -0.340 e. The van der Waals surface area contributed by atoms with Gasteiger partial charge in [-0.25, -0.2) is 8.42 Å². The number of hydrogen-bond acceptors (Lipinski definition) is 4. The number of nitrogens with two attached hydrogens (primary N) is 1. The Bertz CT molecular complexity index is 380. The molecule has 1 amide bonds. The van der Waals surface area contributed by atoms with Crippen LogP contribution in [0.3, 0.4) is 0 Å². The number of sulfone groups is 1. The van der Waals surface area contributed by atoms with Gasteiger partial charge in [0.1, 0.15) is 0 Å². The summed E-state index contributed by atoms with van der Waals surface area (Å²) in [5, 5.41) is 0. The van der Waals surface area contributed by atoms with E-state index in [-0.39, 0.29) is 29.4 Å². The standard InChI is InChI=1S/C11H20N2O3S/c12-10-4-2-1-3-9(10)11(14)13-5-7-17(15,16)8-6-13/h9-10H,1-8,12H2. The lowest BCUT2D eigenvalue weighted by atomic mass is 9.84. The first-order valence-electron chi connectivity index (χ1n) is 6.24. The van der Waals surface area contributed by atoms with Gasteiger partial charge in [0.05, 0.1) is 17.4 Å². The van der Waals surface area contributed by atoms with Crippen LogP contribution in [0.4, 0.5) is 0 Å². The van der Waals surface area contributed by atoms with E-state index in [2.05, 4.69) is 0 Å². The van der Waals surface area contributed by atoms with Gasteiger partial charge in [0.25, 0.3) is 0 Å². The fourth-order valence-corrected chi connectivity index (χ4v) is 3.83. The SMILES string of the molecule is NC1CCCCC1C(=O)N1CCS(=O)(=O)CC1. The average Bonchev–Trinajstić information content (AvgIpc) is 2.29. The van der Waals surface area contributed by atoms with E-state index in [0.29, 0.717) is 13.1 Å². The minimum absolute atomic E-state index is 0.0465. The maximum absolute atomic E-state index is 12.2. The molecule has 1 aliphatic carbocycles. The highest BCUT2D eigenvalue weighted by molar-refractivity contribution is 7.91. The lowest BCUT2D eigenvalue weighted by molar-refractivity contribution is -0.136. The predicted molar refractivity (Wildman–Crippen MR) is 65.2 cm³/mol. The molecular formula is C11H20N2O3S. The highest BCUT2D eigenvalue weighted by Crippen LogP contribution is 2.25. The lowest BCUT2D eigenvalue weighted by Gasteiger charge is -2.34. The smallest absolute Gasteiger partial charge is 0.227 e. The largest absolute Gasteiger partial charge is 0.340 e. The first-order valence-corrected chi connectivity index (χ1v) is 8.06. The number of carbonyl (C=O) groups excluding carboxylic acids is 1. The van der Waals surface area contributed by atoms with E-state index in [1.807, 2.05) is 0 Å². The zero-order valence-electron chi connectivity index (χ0n) is 9.97. The highest BCUT2D eigenvalue weighted by Gasteiger charge is 2.34. The van der Waals surface area contributed by atoms with Crippen molar-refractivity contribution in [1.82, 2.24) is 4.90 Å². The molecule has 1 aliphatic heterocycles. The Labute approximate surface area is 102 Å². The van der Waals surface area contributed by atoms with Crippen LogP contribution in [0.15, 0.2) is 0 Å². The van der Waals surface area contributed by atoms with Crippen molar-refractivity contribution in [3.63, 3.8) is 0 Å². The molecule has 0 radical (unpaired) electrons. The van der Waals surface area contributed by atoms with Crippen LogP contribution < -0.4 is 5.73 Å². The van der Waals surface area contributed by atoms with Gasteiger partial charge in [0.15, 0.2) is 9.84 Å². The molecule has 98 valence electrons. The molecule has 0 aromatic carbocycles. The number of hydrogen-bond donors (Lipinski definition) is 1. The van der Waals surface area contributed by atoms with Crippen molar-refractivity contribution in [2.75, 3.05) is 24.6 Å². The summed E-state index contributed by atoms with van der Waals surface area (Å²) in [5.41, 5.74) is 5.97. The highest BCUT2D eigenvalue weighted by atomic mass is 32.2. The number of carbonyl (C=O) groups is 1. The first-order chi connectivity index (χ1) is 7.99. The number of amides is 1. The average molecular weight is 260 g/mol. The first kappa shape index (κ1) is 12.8. The molecule has 0 spiro atoms. The van der Waals surface area contributed by atoms with Gasteiger partial charge in [-0.2, -0.15) is 0 Å². The van der Waals surface area contributed by atoms with Crippen LogP contribution in [0.2, 0.25) is 0 Å². The molecule has 2 unspecified atom stereocenters. The summed E-state index contributed by atoms with van der Waals surface area (Å²) in [7, 11) is -2.92. The van der Waals surface area contributed by atoms with Gasteiger partial charge in [0.2, 0.25) is 5.91 Å². The number of rotatable bonds is 1. The summed E-state index contributed by atoms with van der Waals surface area (Å²) < 4.78 is 22.6. The molecule has 2 atom stereocenters. The molecule has 6 heteroatoms. The minimum atomic E-state index is -2.92. The molecule has 1 heterocycles. The molecule has 1 saturated heterocycles. The molecule has 17 heavy (non-hydrogen) atoms. The fourth-order valence-electron chi connectivity index (χ4n) is 2.63. The summed E-state index contributed by atoms with van der Waals surface area (Å²) >= 11 is 0. The quantitative estimate of drug-likeness (QED) is 0.705. The Morgan fingerprint density at radius 1 is 1.12 bits per heavy atom. The van der Waals surface area contributed by atoms with Gasteiger partial charge < -0.3 is 10.6 Å². The monoisotopic (exact) mass is 260 g/mol. The Kier molecular flexibility index (Phi) is 3.73. The molecular weight excluding hydrogens is 240 g/mol. The van der Waals surface area contributed by atoms with E-state index >= 15 is 0 Å². The predicted octanol–water partition coefficient (Wildman–Crippen LogP) is -0.239. The molecule has 2 fully saturated rings. The fraction of sp³-hybridized carbons (Fsp3) is 0.909. The third-order valence-electron chi connectivity index (χ3n) is 3.79. The molecule has 0 aromatic rings. The van der Waals surface area contributed by atoms with Crippen LogP contribution in [0, 0.1) is 5.92 Å². The Balaban J connectivity index is 1.96. The van der Waals surface area contributed by atoms with Crippen molar-refractivity contribution in [2.24, 2.45) is 11.7 Å². The topological polar surface area (TPSA) is 80.5 Å². The van der Waals surface area contributed by atoms with E-state index in [9.17, 15) is 13.2 Å². The molecule has 1 saturated carbocycles. The van der Waals surface area contributed by atoms with E-state index < -0.39 is 9.84 Å². The van der Waals surface area contributed by atoms with Crippen LogP contribution in [0.1, 0.15) is 25.7 Å². The van der Waals surface area contributed by atoms with Crippen LogP contribution in [-0.4, -0.2) is 49.9 Å². The summed E-state index contributed by atoms with van der Waals surface area (Å²) in [6.45, 7) is 0.675. The van der Waals surface area contributed by atoms with Crippen molar-refractivity contribution in [2.45, 2.75) is 31.7 Å². The molecule has 2 N–H and O–H groups in total. The van der Waals surface area contributed by atoms with Gasteiger partial charge in [-0.1, -0.05) is 12.8 Å². The molecule has 0 bridgehead atoms. The van der Waals surface area contributed by atoms with E-state index in [1.165, 1.54) is 0 Å². The Morgan fingerprint density at radius 3 is 2.29 bits per heavy atom. The van der Waals surface area contributed by atoms with Crippen LogP contribution in [0.25, 0.3) is 0 Å². The second kappa shape index (κ2) is 4.94. The zero-order chi connectivity index (χ0) is 12.5. The normalized spacial score (nSPS) is 33.4. The molecule has 2 aliphatic rings. The summed E-state index contributed by atoms with van der Waals surface area (Å²) in [6.07, 6.45) is 3.90. The van der Waals surface area contributed by atoms with Crippen molar-refractivity contribution in [3.8, 4) is 0 Å². The molecule has 5 nitrogen and oxygen atoms in total. The van der Waals surface area contributed by atoms with Crippen molar-refractivity contribution in [1.29, 1.82) is 0 Å². The Hall–Kier alpha value is -0.620. The van der Waals surface area contributed by atoms with Gasteiger partial charge >= 0.3 is 0 Å². The number of nitrogens with zero attached hydrogens (tertiary/aromatic N) is 1. The van der Waals surface area contributed by atoms with E-state index in [1.54, 1.807) is 4.90 Å². The summed E-state index contributed by atoms with van der Waals surface area (Å²) in [4.78, 5) is 13.9. The van der Waals surface area contributed by atoms with Crippen molar-refractivity contribution < 1.29 is 13.2 Å². The zero-order valence-corrected chi connectivity index (χ0v) is 10.8. The maximum atomic E-state index is 12.2. The summed E-state index contributed by atoms with van der Waals surface area (Å²) in [5.74, 6) is 0.165. The van der Waals surface area contributed by atoms with Gasteiger partial charge in [0, 0.05) is 19.1 Å². The van der Waals surface area contributed by atoms with Crippen molar-refractivity contribution >= 4 is 15.7 Å².